The van der Waals surface area contributed by atoms with Crippen LogP contribution in [0, 0.1) is 5.92 Å². The molecule has 1 fully saturated rings. The first-order chi connectivity index (χ1) is 12.9. The molecule has 1 aliphatic heterocycles. The lowest BCUT2D eigenvalue weighted by molar-refractivity contribution is -0.120. The molecule has 0 saturated carbocycles. The maximum atomic E-state index is 12.6. The second-order valence-corrected chi connectivity index (χ2v) is 8.36. The van der Waals surface area contributed by atoms with Crippen molar-refractivity contribution >= 4 is 21.6 Å². The third-order valence-corrected chi connectivity index (χ3v) is 6.34. The van der Waals surface area contributed by atoms with Crippen LogP contribution in [0.2, 0.25) is 0 Å². The zero-order valence-electron chi connectivity index (χ0n) is 15.5. The summed E-state index contributed by atoms with van der Waals surface area (Å²) < 4.78 is 33.8. The Balaban J connectivity index is 1.61. The SMILES string of the molecule is CCOc1ccccc1NC(=O)C1CCN(S(=O)(=O)c2cn(C)cn2)CC1. The van der Waals surface area contributed by atoms with E-state index >= 15 is 0 Å². The summed E-state index contributed by atoms with van der Waals surface area (Å²) in [5, 5.41) is 2.95. The number of piperidine rings is 1. The molecule has 0 radical (unpaired) electrons. The van der Waals surface area contributed by atoms with Gasteiger partial charge in [-0.2, -0.15) is 4.31 Å². The Hall–Kier alpha value is -2.39. The fourth-order valence-electron chi connectivity index (χ4n) is 3.10. The normalized spacial score (nSPS) is 16.2. The maximum Gasteiger partial charge on any atom is 0.262 e. The smallest absolute Gasteiger partial charge is 0.262 e. The lowest BCUT2D eigenvalue weighted by Crippen LogP contribution is -2.41. The minimum Gasteiger partial charge on any atom is -0.492 e. The van der Waals surface area contributed by atoms with Gasteiger partial charge < -0.3 is 14.6 Å². The lowest BCUT2D eigenvalue weighted by atomic mass is 9.97. The Morgan fingerprint density at radius 1 is 1.30 bits per heavy atom. The molecule has 1 aliphatic rings. The van der Waals surface area contributed by atoms with Gasteiger partial charge in [0.05, 0.1) is 18.6 Å². The van der Waals surface area contributed by atoms with Crippen molar-refractivity contribution in [3.8, 4) is 5.75 Å². The molecule has 1 saturated heterocycles. The number of carbonyl (C=O) groups is 1. The average Bonchev–Trinajstić information content (AvgIpc) is 3.11. The molecule has 27 heavy (non-hydrogen) atoms. The number of nitrogens with one attached hydrogen (secondary N) is 1. The number of sulfonamides is 1. The van der Waals surface area contributed by atoms with Gasteiger partial charge in [0.1, 0.15) is 5.75 Å². The number of hydrogen-bond acceptors (Lipinski definition) is 5. The van der Waals surface area contributed by atoms with Crippen LogP contribution in [0.1, 0.15) is 19.8 Å². The third-order valence-electron chi connectivity index (χ3n) is 4.55. The molecule has 1 amide bonds. The van der Waals surface area contributed by atoms with Gasteiger partial charge in [-0.1, -0.05) is 12.1 Å². The van der Waals surface area contributed by atoms with Gasteiger partial charge in [-0.3, -0.25) is 4.79 Å². The van der Waals surface area contributed by atoms with Gasteiger partial charge in [0, 0.05) is 32.3 Å². The van der Waals surface area contributed by atoms with E-state index in [1.54, 1.807) is 23.7 Å². The Kier molecular flexibility index (Phi) is 5.81. The van der Waals surface area contributed by atoms with Crippen LogP contribution in [0.3, 0.4) is 0 Å². The van der Waals surface area contributed by atoms with E-state index < -0.39 is 10.0 Å². The molecule has 1 aromatic carbocycles. The average molecular weight is 392 g/mol. The van der Waals surface area contributed by atoms with Gasteiger partial charge in [0.2, 0.25) is 5.91 Å². The van der Waals surface area contributed by atoms with Gasteiger partial charge in [-0.15, -0.1) is 0 Å². The van der Waals surface area contributed by atoms with E-state index in [1.165, 1.54) is 16.8 Å². The highest BCUT2D eigenvalue weighted by Crippen LogP contribution is 2.27. The predicted octanol–water partition coefficient (Wildman–Crippen LogP) is 1.86. The van der Waals surface area contributed by atoms with E-state index in [-0.39, 0.29) is 16.9 Å². The molecule has 0 aliphatic carbocycles. The minimum atomic E-state index is -3.61. The van der Waals surface area contributed by atoms with E-state index in [2.05, 4.69) is 10.3 Å². The number of aryl methyl sites for hydroxylation is 1. The van der Waals surface area contributed by atoms with Crippen LogP contribution >= 0.6 is 0 Å². The number of anilines is 1. The molecule has 2 heterocycles. The zero-order valence-corrected chi connectivity index (χ0v) is 16.3. The molecule has 0 unspecified atom stereocenters. The molecule has 146 valence electrons. The van der Waals surface area contributed by atoms with Gasteiger partial charge in [-0.05, 0) is 31.9 Å². The molecular formula is C18H24N4O4S. The summed E-state index contributed by atoms with van der Waals surface area (Å²) in [4.78, 5) is 16.5. The summed E-state index contributed by atoms with van der Waals surface area (Å²) in [7, 11) is -1.89. The highest BCUT2D eigenvalue weighted by atomic mass is 32.2. The van der Waals surface area contributed by atoms with E-state index in [1.807, 2.05) is 19.1 Å². The summed E-state index contributed by atoms with van der Waals surface area (Å²) in [5.41, 5.74) is 0.632. The number of hydrogen-bond donors (Lipinski definition) is 1. The Labute approximate surface area is 159 Å². The van der Waals surface area contributed by atoms with Crippen LogP contribution in [0.15, 0.2) is 41.8 Å². The van der Waals surface area contributed by atoms with Crippen molar-refractivity contribution in [2.24, 2.45) is 13.0 Å². The van der Waals surface area contributed by atoms with Crippen molar-refractivity contribution in [1.29, 1.82) is 0 Å². The number of carbonyl (C=O) groups excluding carboxylic acids is 1. The fourth-order valence-corrected chi connectivity index (χ4v) is 4.53. The van der Waals surface area contributed by atoms with Crippen LogP contribution in [-0.2, 0) is 21.9 Å². The molecule has 8 nitrogen and oxygen atoms in total. The van der Waals surface area contributed by atoms with E-state index in [9.17, 15) is 13.2 Å². The van der Waals surface area contributed by atoms with Gasteiger partial charge in [0.15, 0.2) is 5.03 Å². The first-order valence-corrected chi connectivity index (χ1v) is 10.4. The Morgan fingerprint density at radius 2 is 2.00 bits per heavy atom. The first-order valence-electron chi connectivity index (χ1n) is 8.92. The summed E-state index contributed by atoms with van der Waals surface area (Å²) in [6.07, 6.45) is 3.88. The van der Waals surface area contributed by atoms with Crippen LogP contribution in [-0.4, -0.2) is 47.9 Å². The molecule has 9 heteroatoms. The Bertz CT molecular complexity index is 902. The monoisotopic (exact) mass is 392 g/mol. The standard InChI is InChI=1S/C18H24N4O4S/c1-3-26-16-7-5-4-6-15(16)20-18(23)14-8-10-22(11-9-14)27(24,25)17-12-21(2)13-19-17/h4-7,12-14H,3,8-11H2,1-2H3,(H,20,23). The van der Waals surface area contributed by atoms with Crippen LogP contribution in [0.25, 0.3) is 0 Å². The number of aromatic nitrogens is 2. The molecular weight excluding hydrogens is 368 g/mol. The largest absolute Gasteiger partial charge is 0.492 e. The molecule has 0 bridgehead atoms. The van der Waals surface area contributed by atoms with Gasteiger partial charge >= 0.3 is 0 Å². The number of ether oxygens (including phenoxy) is 1. The second kappa shape index (κ2) is 8.10. The van der Waals surface area contributed by atoms with Crippen molar-refractivity contribution in [2.75, 3.05) is 25.0 Å². The van der Waals surface area contributed by atoms with Crippen molar-refractivity contribution in [3.05, 3.63) is 36.8 Å². The quantitative estimate of drug-likeness (QED) is 0.810. The lowest BCUT2D eigenvalue weighted by Gasteiger charge is -2.30. The molecule has 0 atom stereocenters. The maximum absolute atomic E-state index is 12.6. The second-order valence-electron chi connectivity index (χ2n) is 6.47. The van der Waals surface area contributed by atoms with E-state index in [0.29, 0.717) is 44.0 Å². The minimum absolute atomic E-state index is 0.0403. The summed E-state index contributed by atoms with van der Waals surface area (Å²) >= 11 is 0. The number of benzene rings is 1. The van der Waals surface area contributed by atoms with Crippen molar-refractivity contribution in [3.63, 3.8) is 0 Å². The topological polar surface area (TPSA) is 93.5 Å². The molecule has 2 aromatic rings. The summed E-state index contributed by atoms with van der Waals surface area (Å²) in [6.45, 7) is 2.99. The number of nitrogens with zero attached hydrogens (tertiary/aromatic N) is 3. The van der Waals surface area contributed by atoms with Crippen molar-refractivity contribution in [2.45, 2.75) is 24.8 Å². The van der Waals surface area contributed by atoms with Crippen LogP contribution < -0.4 is 10.1 Å². The van der Waals surface area contributed by atoms with E-state index in [0.717, 1.165) is 0 Å². The number of imidazole rings is 1. The van der Waals surface area contributed by atoms with Gasteiger partial charge in [-0.25, -0.2) is 13.4 Å². The summed E-state index contributed by atoms with van der Waals surface area (Å²) in [5.74, 6) is 0.274. The van der Waals surface area contributed by atoms with Crippen molar-refractivity contribution in [1.82, 2.24) is 13.9 Å². The number of amides is 1. The highest BCUT2D eigenvalue weighted by Gasteiger charge is 2.33. The summed E-state index contributed by atoms with van der Waals surface area (Å²) in [6, 6.07) is 7.28. The highest BCUT2D eigenvalue weighted by molar-refractivity contribution is 7.89. The number of para-hydroxylation sites is 2. The molecule has 0 spiro atoms. The van der Waals surface area contributed by atoms with Crippen molar-refractivity contribution < 1.29 is 17.9 Å². The fraction of sp³-hybridized carbons (Fsp3) is 0.444. The zero-order chi connectivity index (χ0) is 19.4. The predicted molar refractivity (Wildman–Crippen MR) is 101 cm³/mol. The molecule has 1 N–H and O–H groups in total. The Morgan fingerprint density at radius 3 is 2.63 bits per heavy atom. The third kappa shape index (κ3) is 4.30. The number of rotatable bonds is 6. The molecule has 3 rings (SSSR count). The van der Waals surface area contributed by atoms with Crippen LogP contribution in [0.5, 0.6) is 5.75 Å². The van der Waals surface area contributed by atoms with Gasteiger partial charge in [0.25, 0.3) is 10.0 Å². The first kappa shape index (κ1) is 19.4. The van der Waals surface area contributed by atoms with E-state index in [4.69, 9.17) is 4.74 Å². The molecule has 1 aromatic heterocycles. The van der Waals surface area contributed by atoms with Crippen LogP contribution in [0.4, 0.5) is 5.69 Å².